The molecule has 2 aliphatic rings. The molecule has 0 aromatic heterocycles. The Morgan fingerprint density at radius 1 is 1.39 bits per heavy atom. The van der Waals surface area contributed by atoms with Crippen molar-refractivity contribution in [3.63, 3.8) is 0 Å². The lowest BCUT2D eigenvalue weighted by Gasteiger charge is -2.30. The van der Waals surface area contributed by atoms with Gasteiger partial charge in [-0.05, 0) is 32.3 Å². The molecule has 1 aliphatic carbocycles. The van der Waals surface area contributed by atoms with Crippen LogP contribution in [0.25, 0.3) is 0 Å². The van der Waals surface area contributed by atoms with Gasteiger partial charge in [0.1, 0.15) is 5.76 Å². The van der Waals surface area contributed by atoms with Crippen LogP contribution in [0, 0.1) is 5.92 Å². The second-order valence-electron chi connectivity index (χ2n) is 5.53. The van der Waals surface area contributed by atoms with Crippen molar-refractivity contribution < 1.29 is 9.47 Å². The number of ether oxygens (including phenoxy) is 2. The fourth-order valence-corrected chi connectivity index (χ4v) is 2.37. The summed E-state index contributed by atoms with van der Waals surface area (Å²) in [6.45, 7) is 11.2. The molecule has 1 fully saturated rings. The standard InChI is InChI=1S/C15H25NO2/c1-12(2)18-15-10-13(3)4-5-14(15)11-16-6-8-17-9-7-16/h5,10,12-13H,4,6-9,11H2,1-3H3. The summed E-state index contributed by atoms with van der Waals surface area (Å²) >= 11 is 0. The summed E-state index contributed by atoms with van der Waals surface area (Å²) < 4.78 is 11.3. The molecule has 1 saturated heterocycles. The van der Waals surface area contributed by atoms with Gasteiger partial charge in [-0.1, -0.05) is 13.0 Å². The first kappa shape index (κ1) is 13.6. The lowest BCUT2D eigenvalue weighted by atomic mass is 9.96. The van der Waals surface area contributed by atoms with Gasteiger partial charge < -0.3 is 9.47 Å². The topological polar surface area (TPSA) is 21.7 Å². The molecule has 0 saturated carbocycles. The summed E-state index contributed by atoms with van der Waals surface area (Å²) in [4.78, 5) is 2.45. The largest absolute Gasteiger partial charge is 0.491 e. The Labute approximate surface area is 110 Å². The molecule has 3 nitrogen and oxygen atoms in total. The highest BCUT2D eigenvalue weighted by atomic mass is 16.5. The zero-order valence-electron chi connectivity index (χ0n) is 11.8. The Kier molecular flexibility index (Phi) is 4.84. The van der Waals surface area contributed by atoms with E-state index >= 15 is 0 Å². The van der Waals surface area contributed by atoms with E-state index in [-0.39, 0.29) is 6.10 Å². The fraction of sp³-hybridized carbons (Fsp3) is 0.733. The predicted molar refractivity (Wildman–Crippen MR) is 73.4 cm³/mol. The van der Waals surface area contributed by atoms with Crippen molar-refractivity contribution in [2.24, 2.45) is 5.92 Å². The van der Waals surface area contributed by atoms with Crippen molar-refractivity contribution in [2.75, 3.05) is 32.8 Å². The Hall–Kier alpha value is -0.800. The molecule has 1 heterocycles. The van der Waals surface area contributed by atoms with Crippen LogP contribution in [0.3, 0.4) is 0 Å². The van der Waals surface area contributed by atoms with Crippen LogP contribution in [-0.4, -0.2) is 43.9 Å². The smallest absolute Gasteiger partial charge is 0.120 e. The van der Waals surface area contributed by atoms with Gasteiger partial charge in [-0.2, -0.15) is 0 Å². The summed E-state index contributed by atoms with van der Waals surface area (Å²) in [5.74, 6) is 1.68. The zero-order valence-corrected chi connectivity index (χ0v) is 11.8. The van der Waals surface area contributed by atoms with Gasteiger partial charge in [-0.25, -0.2) is 0 Å². The van der Waals surface area contributed by atoms with E-state index in [0.29, 0.717) is 5.92 Å². The predicted octanol–water partition coefficient (Wildman–Crippen LogP) is 2.59. The van der Waals surface area contributed by atoms with E-state index in [1.807, 2.05) is 0 Å². The molecular formula is C15H25NO2. The molecule has 18 heavy (non-hydrogen) atoms. The molecule has 0 bridgehead atoms. The Morgan fingerprint density at radius 2 is 2.11 bits per heavy atom. The lowest BCUT2D eigenvalue weighted by molar-refractivity contribution is 0.0408. The van der Waals surface area contributed by atoms with Crippen molar-refractivity contribution in [1.29, 1.82) is 0 Å². The molecule has 0 radical (unpaired) electrons. The van der Waals surface area contributed by atoms with Crippen LogP contribution in [0.1, 0.15) is 27.2 Å². The molecule has 3 heteroatoms. The van der Waals surface area contributed by atoms with Crippen LogP contribution >= 0.6 is 0 Å². The highest BCUT2D eigenvalue weighted by Crippen LogP contribution is 2.25. The average molecular weight is 251 g/mol. The number of nitrogens with zero attached hydrogens (tertiary/aromatic N) is 1. The maximum atomic E-state index is 5.95. The molecule has 0 amide bonds. The monoisotopic (exact) mass is 251 g/mol. The third-order valence-electron chi connectivity index (χ3n) is 3.35. The molecular weight excluding hydrogens is 226 g/mol. The van der Waals surface area contributed by atoms with Crippen LogP contribution in [0.5, 0.6) is 0 Å². The minimum Gasteiger partial charge on any atom is -0.491 e. The maximum absolute atomic E-state index is 5.95. The molecule has 102 valence electrons. The fourth-order valence-electron chi connectivity index (χ4n) is 2.37. The summed E-state index contributed by atoms with van der Waals surface area (Å²) in [6.07, 6.45) is 5.99. The van der Waals surface area contributed by atoms with Gasteiger partial charge >= 0.3 is 0 Å². The van der Waals surface area contributed by atoms with Gasteiger partial charge in [-0.15, -0.1) is 0 Å². The van der Waals surface area contributed by atoms with Crippen molar-refractivity contribution >= 4 is 0 Å². The third-order valence-corrected chi connectivity index (χ3v) is 3.35. The number of hydrogen-bond donors (Lipinski definition) is 0. The van der Waals surface area contributed by atoms with E-state index < -0.39 is 0 Å². The zero-order chi connectivity index (χ0) is 13.0. The van der Waals surface area contributed by atoms with Crippen LogP contribution in [0.15, 0.2) is 23.5 Å². The van der Waals surface area contributed by atoms with Crippen LogP contribution in [0.2, 0.25) is 0 Å². The van der Waals surface area contributed by atoms with Crippen LogP contribution < -0.4 is 0 Å². The second-order valence-corrected chi connectivity index (χ2v) is 5.53. The SMILES string of the molecule is CC1C=C(OC(C)C)C(CN2CCOCC2)=CC1. The molecule has 1 unspecified atom stereocenters. The molecule has 0 aromatic carbocycles. The highest BCUT2D eigenvalue weighted by molar-refractivity contribution is 5.31. The van der Waals surface area contributed by atoms with Gasteiger partial charge in [0.25, 0.3) is 0 Å². The summed E-state index contributed by atoms with van der Waals surface area (Å²) in [5.41, 5.74) is 1.35. The summed E-state index contributed by atoms with van der Waals surface area (Å²) in [5, 5.41) is 0. The Balaban J connectivity index is 1.98. The number of hydrogen-bond acceptors (Lipinski definition) is 3. The van der Waals surface area contributed by atoms with E-state index in [2.05, 4.69) is 37.8 Å². The molecule has 0 aromatic rings. The van der Waals surface area contributed by atoms with Gasteiger partial charge in [0.15, 0.2) is 0 Å². The maximum Gasteiger partial charge on any atom is 0.120 e. The van der Waals surface area contributed by atoms with Crippen LogP contribution in [0.4, 0.5) is 0 Å². The second kappa shape index (κ2) is 6.39. The highest BCUT2D eigenvalue weighted by Gasteiger charge is 2.19. The minimum atomic E-state index is 0.245. The third kappa shape index (κ3) is 3.85. The minimum absolute atomic E-state index is 0.245. The molecule has 1 aliphatic heterocycles. The van der Waals surface area contributed by atoms with E-state index in [1.165, 1.54) is 5.57 Å². The number of allylic oxidation sites excluding steroid dienone is 2. The van der Waals surface area contributed by atoms with Crippen molar-refractivity contribution in [3.05, 3.63) is 23.5 Å². The van der Waals surface area contributed by atoms with Gasteiger partial charge in [0, 0.05) is 25.2 Å². The first-order valence-corrected chi connectivity index (χ1v) is 7.03. The van der Waals surface area contributed by atoms with Crippen molar-refractivity contribution in [1.82, 2.24) is 4.90 Å². The Morgan fingerprint density at radius 3 is 2.78 bits per heavy atom. The summed E-state index contributed by atoms with van der Waals surface area (Å²) in [7, 11) is 0. The first-order valence-electron chi connectivity index (χ1n) is 7.03. The van der Waals surface area contributed by atoms with E-state index in [9.17, 15) is 0 Å². The van der Waals surface area contributed by atoms with Gasteiger partial charge in [0.05, 0.1) is 19.3 Å². The van der Waals surface area contributed by atoms with Gasteiger partial charge in [0.2, 0.25) is 0 Å². The van der Waals surface area contributed by atoms with Gasteiger partial charge in [-0.3, -0.25) is 4.90 Å². The Bertz CT molecular complexity index is 327. The normalized spacial score (nSPS) is 25.9. The van der Waals surface area contributed by atoms with Crippen molar-refractivity contribution in [2.45, 2.75) is 33.3 Å². The first-order chi connectivity index (χ1) is 8.65. The van der Waals surface area contributed by atoms with E-state index in [1.54, 1.807) is 0 Å². The summed E-state index contributed by atoms with van der Waals surface area (Å²) in [6, 6.07) is 0. The molecule has 0 spiro atoms. The van der Waals surface area contributed by atoms with E-state index in [4.69, 9.17) is 9.47 Å². The van der Waals surface area contributed by atoms with Crippen molar-refractivity contribution in [3.8, 4) is 0 Å². The molecule has 0 N–H and O–H groups in total. The average Bonchev–Trinajstić information content (AvgIpc) is 2.33. The molecule has 1 atom stereocenters. The van der Waals surface area contributed by atoms with Crippen LogP contribution in [-0.2, 0) is 9.47 Å². The lowest BCUT2D eigenvalue weighted by Crippen LogP contribution is -2.38. The molecule has 2 rings (SSSR count). The number of rotatable bonds is 4. The number of morpholine rings is 1. The quantitative estimate of drug-likeness (QED) is 0.766. The van der Waals surface area contributed by atoms with E-state index in [0.717, 1.165) is 45.0 Å².